The summed E-state index contributed by atoms with van der Waals surface area (Å²) in [7, 11) is 1.69. The predicted molar refractivity (Wildman–Crippen MR) is 80.5 cm³/mol. The first-order chi connectivity index (χ1) is 9.65. The van der Waals surface area contributed by atoms with Crippen LogP contribution in [0.1, 0.15) is 28.4 Å². The fraction of sp³-hybridized carbons (Fsp3) is 0.312. The van der Waals surface area contributed by atoms with Gasteiger partial charge in [-0.3, -0.25) is 16.3 Å². The SMILES string of the molecule is COc1cc(C)c(C(Cc2ccccn2)NN)cc1C. The topological polar surface area (TPSA) is 60.2 Å². The van der Waals surface area contributed by atoms with E-state index in [-0.39, 0.29) is 6.04 Å². The van der Waals surface area contributed by atoms with Gasteiger partial charge < -0.3 is 4.74 Å². The molecule has 2 rings (SSSR count). The van der Waals surface area contributed by atoms with E-state index in [1.54, 1.807) is 13.3 Å². The van der Waals surface area contributed by atoms with Gasteiger partial charge in [0.15, 0.2) is 0 Å². The van der Waals surface area contributed by atoms with Gasteiger partial charge in [-0.2, -0.15) is 0 Å². The Morgan fingerprint density at radius 2 is 2.05 bits per heavy atom. The lowest BCUT2D eigenvalue weighted by Crippen LogP contribution is -2.30. The summed E-state index contributed by atoms with van der Waals surface area (Å²) in [5.41, 5.74) is 7.35. The van der Waals surface area contributed by atoms with Gasteiger partial charge in [0.25, 0.3) is 0 Å². The van der Waals surface area contributed by atoms with Crippen LogP contribution in [0.3, 0.4) is 0 Å². The second-order valence-electron chi connectivity index (χ2n) is 4.92. The number of hydrazine groups is 1. The zero-order chi connectivity index (χ0) is 14.5. The van der Waals surface area contributed by atoms with E-state index in [0.29, 0.717) is 0 Å². The minimum absolute atomic E-state index is 0.0366. The summed E-state index contributed by atoms with van der Waals surface area (Å²) in [4.78, 5) is 4.36. The number of rotatable bonds is 5. The van der Waals surface area contributed by atoms with Gasteiger partial charge in [0.2, 0.25) is 0 Å². The van der Waals surface area contributed by atoms with Crippen LogP contribution in [0.15, 0.2) is 36.5 Å². The van der Waals surface area contributed by atoms with E-state index in [0.717, 1.165) is 29.0 Å². The number of nitrogens with zero attached hydrogens (tertiary/aromatic N) is 1. The molecule has 0 amide bonds. The second-order valence-corrected chi connectivity index (χ2v) is 4.92. The minimum atomic E-state index is 0.0366. The van der Waals surface area contributed by atoms with Crippen LogP contribution in [0, 0.1) is 13.8 Å². The summed E-state index contributed by atoms with van der Waals surface area (Å²) in [6, 6.07) is 10.1. The normalized spacial score (nSPS) is 12.2. The highest BCUT2D eigenvalue weighted by Gasteiger charge is 2.15. The monoisotopic (exact) mass is 271 g/mol. The molecule has 1 aromatic heterocycles. The molecule has 20 heavy (non-hydrogen) atoms. The van der Waals surface area contributed by atoms with Gasteiger partial charge >= 0.3 is 0 Å². The Morgan fingerprint density at radius 3 is 2.65 bits per heavy atom. The molecule has 0 fully saturated rings. The van der Waals surface area contributed by atoms with E-state index in [4.69, 9.17) is 10.6 Å². The van der Waals surface area contributed by atoms with E-state index in [1.165, 1.54) is 5.56 Å². The van der Waals surface area contributed by atoms with Gasteiger partial charge in [-0.1, -0.05) is 12.1 Å². The first kappa shape index (κ1) is 14.5. The number of aryl methyl sites for hydroxylation is 2. The Kier molecular flexibility index (Phi) is 4.71. The molecular formula is C16H21N3O. The molecule has 2 aromatic rings. The molecule has 106 valence electrons. The lowest BCUT2D eigenvalue weighted by molar-refractivity contribution is 0.410. The number of hydrogen-bond donors (Lipinski definition) is 2. The highest BCUT2D eigenvalue weighted by molar-refractivity contribution is 5.43. The fourth-order valence-electron chi connectivity index (χ4n) is 2.39. The van der Waals surface area contributed by atoms with Crippen molar-refractivity contribution in [2.45, 2.75) is 26.3 Å². The maximum atomic E-state index is 5.73. The third-order valence-electron chi connectivity index (χ3n) is 3.50. The van der Waals surface area contributed by atoms with Gasteiger partial charge in [-0.25, -0.2) is 0 Å². The van der Waals surface area contributed by atoms with Gasteiger partial charge in [-0.05, 0) is 48.7 Å². The van der Waals surface area contributed by atoms with Crippen LogP contribution in [-0.2, 0) is 6.42 Å². The molecule has 1 heterocycles. The molecular weight excluding hydrogens is 250 g/mol. The molecule has 0 saturated carbocycles. The van der Waals surface area contributed by atoms with E-state index in [2.05, 4.69) is 23.4 Å². The Balaban J connectivity index is 2.30. The average Bonchev–Trinajstić information content (AvgIpc) is 2.48. The summed E-state index contributed by atoms with van der Waals surface area (Å²) in [6.07, 6.45) is 2.55. The maximum Gasteiger partial charge on any atom is 0.122 e. The van der Waals surface area contributed by atoms with Crippen molar-refractivity contribution in [3.63, 3.8) is 0 Å². The van der Waals surface area contributed by atoms with Crippen molar-refractivity contribution in [2.75, 3.05) is 7.11 Å². The zero-order valence-electron chi connectivity index (χ0n) is 12.2. The van der Waals surface area contributed by atoms with Gasteiger partial charge in [0.05, 0.1) is 13.2 Å². The van der Waals surface area contributed by atoms with E-state index in [9.17, 15) is 0 Å². The van der Waals surface area contributed by atoms with Crippen molar-refractivity contribution >= 4 is 0 Å². The highest BCUT2D eigenvalue weighted by Crippen LogP contribution is 2.27. The molecule has 0 aliphatic carbocycles. The molecule has 0 bridgehead atoms. The first-order valence-corrected chi connectivity index (χ1v) is 6.67. The molecule has 0 saturated heterocycles. The predicted octanol–water partition coefficient (Wildman–Crippen LogP) is 2.45. The molecule has 1 atom stereocenters. The zero-order valence-corrected chi connectivity index (χ0v) is 12.2. The van der Waals surface area contributed by atoms with Crippen molar-refractivity contribution in [1.29, 1.82) is 0 Å². The number of ether oxygens (including phenoxy) is 1. The smallest absolute Gasteiger partial charge is 0.122 e. The van der Waals surface area contributed by atoms with Crippen LogP contribution in [0.2, 0.25) is 0 Å². The molecule has 0 spiro atoms. The van der Waals surface area contributed by atoms with Crippen LogP contribution in [0.4, 0.5) is 0 Å². The molecule has 0 aliphatic heterocycles. The number of nitrogens with one attached hydrogen (secondary N) is 1. The number of nitrogens with two attached hydrogens (primary N) is 1. The lowest BCUT2D eigenvalue weighted by atomic mass is 9.95. The largest absolute Gasteiger partial charge is 0.496 e. The summed E-state index contributed by atoms with van der Waals surface area (Å²) in [6.45, 7) is 4.11. The van der Waals surface area contributed by atoms with Crippen molar-refractivity contribution in [3.8, 4) is 5.75 Å². The summed E-state index contributed by atoms with van der Waals surface area (Å²) >= 11 is 0. The van der Waals surface area contributed by atoms with E-state index in [1.807, 2.05) is 31.2 Å². The number of methoxy groups -OCH3 is 1. The summed E-state index contributed by atoms with van der Waals surface area (Å²) in [5.74, 6) is 6.64. The highest BCUT2D eigenvalue weighted by atomic mass is 16.5. The number of hydrogen-bond acceptors (Lipinski definition) is 4. The summed E-state index contributed by atoms with van der Waals surface area (Å²) in [5, 5.41) is 0. The molecule has 0 radical (unpaired) electrons. The molecule has 4 nitrogen and oxygen atoms in total. The third-order valence-corrected chi connectivity index (χ3v) is 3.50. The second kappa shape index (κ2) is 6.50. The molecule has 3 N–H and O–H groups in total. The van der Waals surface area contributed by atoms with Crippen LogP contribution in [0.5, 0.6) is 5.75 Å². The van der Waals surface area contributed by atoms with Crippen LogP contribution >= 0.6 is 0 Å². The van der Waals surface area contributed by atoms with E-state index < -0.39 is 0 Å². The maximum absolute atomic E-state index is 5.73. The quantitative estimate of drug-likeness (QED) is 0.648. The van der Waals surface area contributed by atoms with Gasteiger partial charge in [-0.15, -0.1) is 0 Å². The van der Waals surface area contributed by atoms with Crippen LogP contribution in [-0.4, -0.2) is 12.1 Å². The van der Waals surface area contributed by atoms with Gasteiger partial charge in [0, 0.05) is 18.3 Å². The van der Waals surface area contributed by atoms with Crippen molar-refractivity contribution < 1.29 is 4.74 Å². The Labute approximate surface area is 120 Å². The number of benzene rings is 1. The minimum Gasteiger partial charge on any atom is -0.496 e. The lowest BCUT2D eigenvalue weighted by Gasteiger charge is -2.20. The molecule has 1 aromatic carbocycles. The van der Waals surface area contributed by atoms with Crippen molar-refractivity contribution in [1.82, 2.24) is 10.4 Å². The number of pyridine rings is 1. The van der Waals surface area contributed by atoms with Crippen LogP contribution in [0.25, 0.3) is 0 Å². The van der Waals surface area contributed by atoms with Crippen molar-refractivity contribution in [2.24, 2.45) is 5.84 Å². The summed E-state index contributed by atoms with van der Waals surface area (Å²) < 4.78 is 5.35. The third kappa shape index (κ3) is 3.15. The van der Waals surface area contributed by atoms with E-state index >= 15 is 0 Å². The van der Waals surface area contributed by atoms with Gasteiger partial charge in [0.1, 0.15) is 5.75 Å². The standard InChI is InChI=1S/C16H21N3O/c1-11-9-16(20-3)12(2)8-14(11)15(19-17)10-13-6-4-5-7-18-13/h4-9,15,19H,10,17H2,1-3H3. The Morgan fingerprint density at radius 1 is 1.25 bits per heavy atom. The first-order valence-electron chi connectivity index (χ1n) is 6.67. The Bertz CT molecular complexity index is 569. The molecule has 0 aliphatic rings. The fourth-order valence-corrected chi connectivity index (χ4v) is 2.39. The van der Waals surface area contributed by atoms with Crippen LogP contribution < -0.4 is 16.0 Å². The average molecular weight is 271 g/mol. The molecule has 4 heteroatoms. The van der Waals surface area contributed by atoms with Crippen molar-refractivity contribution in [3.05, 3.63) is 58.9 Å². The Hall–Kier alpha value is -1.91. The number of aromatic nitrogens is 1. The molecule has 1 unspecified atom stereocenters.